The summed E-state index contributed by atoms with van der Waals surface area (Å²) >= 11 is 0. The number of methoxy groups -OCH3 is 1. The molecule has 0 unspecified atom stereocenters. The summed E-state index contributed by atoms with van der Waals surface area (Å²) in [4.78, 5) is 0. The van der Waals surface area contributed by atoms with E-state index in [-0.39, 0.29) is 0 Å². The normalized spacial score (nSPS) is 10.5. The first-order valence-electron chi connectivity index (χ1n) is 8.61. The summed E-state index contributed by atoms with van der Waals surface area (Å²) in [7, 11) is 2.93. The highest BCUT2D eigenvalue weighted by Gasteiger charge is 2.08. The van der Waals surface area contributed by atoms with Crippen molar-refractivity contribution in [1.29, 1.82) is 0 Å². The second kappa shape index (κ2) is 7.56. The van der Waals surface area contributed by atoms with Gasteiger partial charge >= 0.3 is 0 Å². The van der Waals surface area contributed by atoms with E-state index in [9.17, 15) is 0 Å². The van der Waals surface area contributed by atoms with Crippen LogP contribution in [-0.2, 0) is 0 Å². The molecule has 0 atom stereocenters. The lowest BCUT2D eigenvalue weighted by molar-refractivity contribution is 0.415. The van der Waals surface area contributed by atoms with Gasteiger partial charge in [0.15, 0.2) is 0 Å². The van der Waals surface area contributed by atoms with Gasteiger partial charge in [0.05, 0.1) is 7.11 Å². The summed E-state index contributed by atoms with van der Waals surface area (Å²) in [6.45, 7) is 0. The lowest BCUT2D eigenvalue weighted by Crippen LogP contribution is -1.84. The maximum absolute atomic E-state index is 5.30. The minimum atomic E-state index is 0.878. The number of ether oxygens (including phenoxy) is 1. The number of hydrogen-bond acceptors (Lipinski definition) is 1. The van der Waals surface area contributed by atoms with E-state index < -0.39 is 0 Å². The highest BCUT2D eigenvalue weighted by molar-refractivity contribution is 7.37. The topological polar surface area (TPSA) is 9.23 Å². The molecule has 0 aliphatic carbocycles. The molecule has 0 fully saturated rings. The molecule has 0 aliphatic heterocycles. The Hall–Kier alpha value is -2.89. The molecule has 0 radical (unpaired) electrons. The van der Waals surface area contributed by atoms with Crippen molar-refractivity contribution in [2.75, 3.05) is 7.11 Å². The van der Waals surface area contributed by atoms with E-state index in [2.05, 4.69) is 84.9 Å². The summed E-state index contributed by atoms with van der Waals surface area (Å²) < 4.78 is 5.30. The van der Waals surface area contributed by atoms with Gasteiger partial charge in [-0.05, 0) is 46.5 Å². The molecular weight excluding hydrogens is 335 g/mol. The summed E-state index contributed by atoms with van der Waals surface area (Å²) in [5, 5.41) is 2.63. The van der Waals surface area contributed by atoms with Crippen LogP contribution in [0.4, 0.5) is 0 Å². The molecule has 4 rings (SSSR count). The van der Waals surface area contributed by atoms with Crippen LogP contribution in [0, 0.1) is 0 Å². The molecular formula is C24H19OP. The molecule has 0 aliphatic rings. The Morgan fingerprint density at radius 3 is 1.50 bits per heavy atom. The Morgan fingerprint density at radius 1 is 0.538 bits per heavy atom. The standard InChI is InChI=1S/C24H19OP/c1-25-22-14-12-18(13-15-22)21-16-23(19-8-4-2-5-9-19)26-24(17-21)20-10-6-3-7-11-20/h2-17H,1H3. The molecule has 0 spiro atoms. The van der Waals surface area contributed by atoms with Gasteiger partial charge in [-0.25, -0.2) is 0 Å². The summed E-state index contributed by atoms with van der Waals surface area (Å²) in [5.41, 5.74) is 4.95. The lowest BCUT2D eigenvalue weighted by Gasteiger charge is -2.11. The van der Waals surface area contributed by atoms with Gasteiger partial charge in [0.25, 0.3) is 0 Å². The Labute approximate surface area is 156 Å². The van der Waals surface area contributed by atoms with Crippen molar-refractivity contribution in [3.63, 3.8) is 0 Å². The first kappa shape index (κ1) is 16.6. The van der Waals surface area contributed by atoms with Gasteiger partial charge in [-0.1, -0.05) is 81.0 Å². The van der Waals surface area contributed by atoms with Crippen LogP contribution in [0.2, 0.25) is 0 Å². The Balaban J connectivity index is 1.87. The molecule has 0 bridgehead atoms. The third-order valence-electron chi connectivity index (χ3n) is 4.39. The van der Waals surface area contributed by atoms with Crippen molar-refractivity contribution in [2.45, 2.75) is 0 Å². The van der Waals surface area contributed by atoms with Gasteiger partial charge in [0.1, 0.15) is 5.75 Å². The fourth-order valence-corrected chi connectivity index (χ4v) is 4.22. The van der Waals surface area contributed by atoms with Crippen LogP contribution in [-0.4, -0.2) is 7.11 Å². The van der Waals surface area contributed by atoms with Gasteiger partial charge in [-0.3, -0.25) is 0 Å². The van der Waals surface area contributed by atoms with Crippen molar-refractivity contribution in [1.82, 2.24) is 0 Å². The second-order valence-electron chi connectivity index (χ2n) is 6.09. The van der Waals surface area contributed by atoms with Crippen LogP contribution in [0.25, 0.3) is 32.8 Å². The zero-order chi connectivity index (χ0) is 17.8. The smallest absolute Gasteiger partial charge is 0.118 e. The molecule has 0 saturated heterocycles. The number of benzene rings is 3. The van der Waals surface area contributed by atoms with Crippen LogP contribution >= 0.6 is 8.19 Å². The van der Waals surface area contributed by atoms with E-state index in [4.69, 9.17) is 4.74 Å². The third kappa shape index (κ3) is 3.54. The molecule has 2 heteroatoms. The minimum Gasteiger partial charge on any atom is -0.497 e. The van der Waals surface area contributed by atoms with Crippen LogP contribution < -0.4 is 4.74 Å². The molecule has 3 aromatic carbocycles. The number of rotatable bonds is 4. The molecule has 0 amide bonds. The zero-order valence-electron chi connectivity index (χ0n) is 14.6. The molecule has 0 N–H and O–H groups in total. The maximum Gasteiger partial charge on any atom is 0.118 e. The van der Waals surface area contributed by atoms with E-state index in [0.29, 0.717) is 0 Å². The fourth-order valence-electron chi connectivity index (χ4n) is 2.99. The van der Waals surface area contributed by atoms with Crippen molar-refractivity contribution in [2.24, 2.45) is 0 Å². The monoisotopic (exact) mass is 354 g/mol. The van der Waals surface area contributed by atoms with Crippen molar-refractivity contribution in [3.8, 4) is 38.6 Å². The number of hydrogen-bond donors (Lipinski definition) is 0. The Kier molecular flexibility index (Phi) is 4.82. The van der Waals surface area contributed by atoms with E-state index >= 15 is 0 Å². The second-order valence-corrected chi connectivity index (χ2v) is 7.27. The molecule has 1 aromatic heterocycles. The van der Waals surface area contributed by atoms with Crippen molar-refractivity contribution in [3.05, 3.63) is 97.1 Å². The van der Waals surface area contributed by atoms with E-state index in [1.54, 1.807) is 7.11 Å². The van der Waals surface area contributed by atoms with Crippen LogP contribution in [0.3, 0.4) is 0 Å². The van der Waals surface area contributed by atoms with Crippen LogP contribution in [0.5, 0.6) is 5.75 Å². The molecule has 1 heterocycles. The predicted molar refractivity (Wildman–Crippen MR) is 112 cm³/mol. The SMILES string of the molecule is COc1ccc(-c2cc(-c3ccccc3)pc(-c3ccccc3)c2)cc1. The van der Waals surface area contributed by atoms with Crippen LogP contribution in [0.1, 0.15) is 0 Å². The first-order valence-corrected chi connectivity index (χ1v) is 9.50. The highest BCUT2D eigenvalue weighted by Crippen LogP contribution is 2.40. The first-order chi connectivity index (χ1) is 12.8. The van der Waals surface area contributed by atoms with Gasteiger partial charge in [0, 0.05) is 10.6 Å². The van der Waals surface area contributed by atoms with E-state index in [1.807, 2.05) is 12.1 Å². The van der Waals surface area contributed by atoms with E-state index in [0.717, 1.165) is 5.75 Å². The van der Waals surface area contributed by atoms with Gasteiger partial charge in [-0.2, -0.15) is 0 Å². The fraction of sp³-hybridized carbons (Fsp3) is 0.0417. The minimum absolute atomic E-state index is 0.878. The Bertz CT molecular complexity index is 936. The average Bonchev–Trinajstić information content (AvgIpc) is 2.75. The predicted octanol–water partition coefficient (Wildman–Crippen LogP) is 7.28. The highest BCUT2D eigenvalue weighted by atomic mass is 31.0. The van der Waals surface area contributed by atoms with Gasteiger partial charge < -0.3 is 4.74 Å². The van der Waals surface area contributed by atoms with Crippen molar-refractivity contribution >= 4 is 8.19 Å². The Morgan fingerprint density at radius 2 is 1.04 bits per heavy atom. The molecule has 26 heavy (non-hydrogen) atoms. The van der Waals surface area contributed by atoms with Crippen LogP contribution in [0.15, 0.2) is 97.1 Å². The van der Waals surface area contributed by atoms with E-state index in [1.165, 1.54) is 41.0 Å². The molecule has 1 nitrogen and oxygen atoms in total. The summed E-state index contributed by atoms with van der Waals surface area (Å²) in [6, 6.07) is 34.1. The summed E-state index contributed by atoms with van der Waals surface area (Å²) in [6.07, 6.45) is 0. The van der Waals surface area contributed by atoms with Gasteiger partial charge in [-0.15, -0.1) is 0 Å². The lowest BCUT2D eigenvalue weighted by atomic mass is 10.0. The zero-order valence-corrected chi connectivity index (χ0v) is 15.5. The maximum atomic E-state index is 5.30. The quantitative estimate of drug-likeness (QED) is 0.374. The average molecular weight is 354 g/mol. The van der Waals surface area contributed by atoms with Crippen molar-refractivity contribution < 1.29 is 4.74 Å². The summed E-state index contributed by atoms with van der Waals surface area (Å²) in [5.74, 6) is 0.878. The van der Waals surface area contributed by atoms with Gasteiger partial charge in [0.2, 0.25) is 0 Å². The molecule has 4 aromatic rings. The largest absolute Gasteiger partial charge is 0.497 e. The molecule has 0 saturated carbocycles. The third-order valence-corrected chi connectivity index (χ3v) is 5.64. The molecule has 126 valence electrons.